The third kappa shape index (κ3) is 3.62. The van der Waals surface area contributed by atoms with E-state index in [0.717, 1.165) is 23.0 Å². The fourth-order valence-electron chi connectivity index (χ4n) is 1.92. The van der Waals surface area contributed by atoms with Crippen molar-refractivity contribution in [2.45, 2.75) is 11.6 Å². The molecule has 0 atom stereocenters. The number of halogens is 1. The van der Waals surface area contributed by atoms with Crippen molar-refractivity contribution in [2.24, 2.45) is 0 Å². The van der Waals surface area contributed by atoms with E-state index in [2.05, 4.69) is 39.8 Å². The Labute approximate surface area is 132 Å². The topological polar surface area (TPSA) is 43.6 Å². The molecule has 3 aromatic rings. The van der Waals surface area contributed by atoms with Gasteiger partial charge in [0.15, 0.2) is 0 Å². The summed E-state index contributed by atoms with van der Waals surface area (Å²) in [6.45, 7) is 0. The lowest BCUT2D eigenvalue weighted by molar-refractivity contribution is 0.756. The van der Waals surface area contributed by atoms with Crippen LogP contribution in [0.1, 0.15) is 5.56 Å². The van der Waals surface area contributed by atoms with Crippen molar-refractivity contribution in [2.75, 3.05) is 5.75 Å². The maximum absolute atomic E-state index is 5.90. The molecule has 0 saturated carbocycles. The Hall–Kier alpha value is -1.85. The predicted octanol–water partition coefficient (Wildman–Crippen LogP) is 3.65. The Balaban J connectivity index is 1.67. The molecule has 0 saturated heterocycles. The van der Waals surface area contributed by atoms with Crippen LogP contribution in [0.15, 0.2) is 59.8 Å². The molecule has 6 heteroatoms. The maximum atomic E-state index is 5.90. The van der Waals surface area contributed by atoms with Crippen LogP contribution in [-0.2, 0) is 6.42 Å². The second kappa shape index (κ2) is 6.74. The Morgan fingerprint density at radius 2 is 1.76 bits per heavy atom. The lowest BCUT2D eigenvalue weighted by Crippen LogP contribution is -1.99. The first-order chi connectivity index (χ1) is 10.3. The van der Waals surface area contributed by atoms with Crippen molar-refractivity contribution >= 4 is 23.4 Å². The average molecular weight is 317 g/mol. The van der Waals surface area contributed by atoms with Gasteiger partial charge < -0.3 is 0 Å². The molecular formula is C15H13ClN4S. The van der Waals surface area contributed by atoms with E-state index in [1.807, 2.05) is 30.3 Å². The number of tetrazole rings is 1. The van der Waals surface area contributed by atoms with Gasteiger partial charge in [-0.1, -0.05) is 53.7 Å². The fourth-order valence-corrected chi connectivity index (χ4v) is 2.92. The number of nitrogens with zero attached hydrogens (tertiary/aromatic N) is 4. The first-order valence-electron chi connectivity index (χ1n) is 6.54. The van der Waals surface area contributed by atoms with Crippen LogP contribution in [0.3, 0.4) is 0 Å². The summed E-state index contributed by atoms with van der Waals surface area (Å²) in [6.07, 6.45) is 0.985. The minimum atomic E-state index is 0.699. The Morgan fingerprint density at radius 3 is 2.52 bits per heavy atom. The molecule has 0 aliphatic heterocycles. The summed E-state index contributed by atoms with van der Waals surface area (Å²) < 4.78 is 1.73. The highest BCUT2D eigenvalue weighted by Crippen LogP contribution is 2.20. The van der Waals surface area contributed by atoms with Crippen LogP contribution in [-0.4, -0.2) is 26.0 Å². The summed E-state index contributed by atoms with van der Waals surface area (Å²) in [4.78, 5) is 0. The molecule has 1 aromatic heterocycles. The van der Waals surface area contributed by atoms with Gasteiger partial charge in [-0.3, -0.25) is 0 Å². The average Bonchev–Trinajstić information content (AvgIpc) is 2.98. The molecule has 4 nitrogen and oxygen atoms in total. The highest BCUT2D eigenvalue weighted by molar-refractivity contribution is 7.99. The van der Waals surface area contributed by atoms with Gasteiger partial charge >= 0.3 is 0 Å². The van der Waals surface area contributed by atoms with Crippen LogP contribution in [0.4, 0.5) is 0 Å². The largest absolute Gasteiger partial charge is 0.214 e. The van der Waals surface area contributed by atoms with Crippen LogP contribution in [0.25, 0.3) is 5.69 Å². The van der Waals surface area contributed by atoms with E-state index in [9.17, 15) is 0 Å². The third-order valence-electron chi connectivity index (χ3n) is 2.98. The second-order valence-electron chi connectivity index (χ2n) is 4.43. The number of rotatable bonds is 5. The summed E-state index contributed by atoms with van der Waals surface area (Å²) in [5.41, 5.74) is 2.22. The van der Waals surface area contributed by atoms with Gasteiger partial charge in [0.05, 0.1) is 5.69 Å². The van der Waals surface area contributed by atoms with E-state index in [1.165, 1.54) is 5.56 Å². The standard InChI is InChI=1S/C15H13ClN4S/c16-13-6-8-14(9-7-13)20-15(17-18-19-20)21-11-10-12-4-2-1-3-5-12/h1-9H,10-11H2. The van der Waals surface area contributed by atoms with Crippen molar-refractivity contribution in [1.29, 1.82) is 0 Å². The van der Waals surface area contributed by atoms with Crippen molar-refractivity contribution in [3.63, 3.8) is 0 Å². The quantitative estimate of drug-likeness (QED) is 0.674. The van der Waals surface area contributed by atoms with Gasteiger partial charge in [0.2, 0.25) is 5.16 Å². The number of benzene rings is 2. The molecule has 0 N–H and O–H groups in total. The highest BCUT2D eigenvalue weighted by atomic mass is 35.5. The van der Waals surface area contributed by atoms with Gasteiger partial charge in [0, 0.05) is 10.8 Å². The molecule has 0 radical (unpaired) electrons. The highest BCUT2D eigenvalue weighted by Gasteiger charge is 2.08. The van der Waals surface area contributed by atoms with Crippen molar-refractivity contribution in [3.8, 4) is 5.69 Å². The number of thioether (sulfide) groups is 1. The zero-order valence-corrected chi connectivity index (χ0v) is 12.8. The number of aromatic nitrogens is 4. The molecule has 1 heterocycles. The lowest BCUT2D eigenvalue weighted by atomic mass is 10.2. The fraction of sp³-hybridized carbons (Fsp3) is 0.133. The van der Waals surface area contributed by atoms with Crippen LogP contribution >= 0.6 is 23.4 Å². The van der Waals surface area contributed by atoms with Crippen molar-refractivity contribution in [1.82, 2.24) is 20.2 Å². The minimum absolute atomic E-state index is 0.699. The molecule has 0 spiro atoms. The number of hydrogen-bond donors (Lipinski definition) is 0. The first-order valence-corrected chi connectivity index (χ1v) is 7.90. The Kier molecular flexibility index (Phi) is 4.52. The minimum Gasteiger partial charge on any atom is -0.188 e. The van der Waals surface area contributed by atoms with Gasteiger partial charge in [0.25, 0.3) is 0 Å². The summed E-state index contributed by atoms with van der Waals surface area (Å²) in [7, 11) is 0. The monoisotopic (exact) mass is 316 g/mol. The maximum Gasteiger partial charge on any atom is 0.214 e. The summed E-state index contributed by atoms with van der Waals surface area (Å²) in [6, 6.07) is 17.9. The second-order valence-corrected chi connectivity index (χ2v) is 5.93. The summed E-state index contributed by atoms with van der Waals surface area (Å²) in [5, 5.41) is 13.4. The van der Waals surface area contributed by atoms with Crippen molar-refractivity contribution < 1.29 is 0 Å². The zero-order valence-electron chi connectivity index (χ0n) is 11.2. The zero-order chi connectivity index (χ0) is 14.5. The molecule has 2 aromatic carbocycles. The molecule has 3 rings (SSSR count). The summed E-state index contributed by atoms with van der Waals surface area (Å²) >= 11 is 7.54. The molecule has 0 amide bonds. The smallest absolute Gasteiger partial charge is 0.188 e. The van der Waals surface area contributed by atoms with Crippen LogP contribution in [0, 0.1) is 0 Å². The SMILES string of the molecule is Clc1ccc(-n2nnnc2SCCc2ccccc2)cc1. The number of hydrogen-bond acceptors (Lipinski definition) is 4. The van der Waals surface area contributed by atoms with Crippen LogP contribution < -0.4 is 0 Å². The molecule has 106 valence electrons. The molecule has 0 aliphatic rings. The Morgan fingerprint density at radius 1 is 1.00 bits per heavy atom. The molecule has 0 bridgehead atoms. The third-order valence-corrected chi connectivity index (χ3v) is 4.15. The van der Waals surface area contributed by atoms with Crippen molar-refractivity contribution in [3.05, 3.63) is 65.2 Å². The van der Waals surface area contributed by atoms with Gasteiger partial charge in [-0.05, 0) is 46.7 Å². The Bertz CT molecular complexity index is 697. The van der Waals surface area contributed by atoms with Crippen LogP contribution in [0.2, 0.25) is 5.02 Å². The normalized spacial score (nSPS) is 10.7. The van der Waals surface area contributed by atoms with Gasteiger partial charge in [0.1, 0.15) is 0 Å². The van der Waals surface area contributed by atoms with Gasteiger partial charge in [-0.15, -0.1) is 5.10 Å². The van der Waals surface area contributed by atoms with E-state index < -0.39 is 0 Å². The molecule has 21 heavy (non-hydrogen) atoms. The van der Waals surface area contributed by atoms with Crippen LogP contribution in [0.5, 0.6) is 0 Å². The van der Waals surface area contributed by atoms with E-state index in [-0.39, 0.29) is 0 Å². The van der Waals surface area contributed by atoms with Gasteiger partial charge in [-0.2, -0.15) is 4.68 Å². The predicted molar refractivity (Wildman–Crippen MR) is 85.0 cm³/mol. The molecule has 0 aliphatic carbocycles. The van der Waals surface area contributed by atoms with E-state index in [1.54, 1.807) is 16.4 Å². The molecule has 0 unspecified atom stereocenters. The lowest BCUT2D eigenvalue weighted by Gasteiger charge is -2.04. The van der Waals surface area contributed by atoms with E-state index in [4.69, 9.17) is 11.6 Å². The molecule has 0 fully saturated rings. The van der Waals surface area contributed by atoms with Gasteiger partial charge in [-0.25, -0.2) is 0 Å². The molecular weight excluding hydrogens is 304 g/mol. The first kappa shape index (κ1) is 14.1. The number of aryl methyl sites for hydroxylation is 1. The van der Waals surface area contributed by atoms with E-state index in [0.29, 0.717) is 5.02 Å². The van der Waals surface area contributed by atoms with E-state index >= 15 is 0 Å². The summed E-state index contributed by atoms with van der Waals surface area (Å²) in [5.74, 6) is 0.929.